The second-order valence-electron chi connectivity index (χ2n) is 8.08. The Kier molecular flexibility index (Phi) is 5.41. The van der Waals surface area contributed by atoms with Crippen LogP contribution in [-0.2, 0) is 23.3 Å². The number of aromatic nitrogens is 2. The standard InChI is InChI=1S/C21H18F7N3O/c22-19(20(23,24)25,21(26,27)28)14-2-3-15-13(10-14)1-4-17-16(15)6-8-31(17)18(32)9-12-5-7-29-30-11-12/h2-3,5,7,10-11,16-17H,1,4,6,8-9H2/t16-,17+/m0/s1. The zero-order valence-electron chi connectivity index (χ0n) is 16.5. The van der Waals surface area contributed by atoms with E-state index in [0.29, 0.717) is 42.6 Å². The fraction of sp³-hybridized carbons (Fsp3) is 0.476. The molecule has 0 unspecified atom stereocenters. The highest BCUT2D eigenvalue weighted by atomic mass is 19.4. The first kappa shape index (κ1) is 22.5. The van der Waals surface area contributed by atoms with Crippen LogP contribution in [0.3, 0.4) is 0 Å². The molecule has 0 spiro atoms. The molecule has 2 atom stereocenters. The van der Waals surface area contributed by atoms with E-state index in [-0.39, 0.29) is 36.3 Å². The summed E-state index contributed by atoms with van der Waals surface area (Å²) in [6.07, 6.45) is -8.17. The number of alkyl halides is 7. The Hall–Kier alpha value is -2.72. The summed E-state index contributed by atoms with van der Waals surface area (Å²) in [5.41, 5.74) is -5.40. The Morgan fingerprint density at radius 1 is 1.00 bits per heavy atom. The van der Waals surface area contributed by atoms with Crippen molar-refractivity contribution in [2.45, 2.75) is 55.7 Å². The van der Waals surface area contributed by atoms with Crippen LogP contribution < -0.4 is 0 Å². The summed E-state index contributed by atoms with van der Waals surface area (Å²) in [7, 11) is 0. The summed E-state index contributed by atoms with van der Waals surface area (Å²) in [5.74, 6) is -0.361. The second-order valence-corrected chi connectivity index (χ2v) is 8.08. The van der Waals surface area contributed by atoms with Crippen LogP contribution in [0.15, 0.2) is 36.7 Å². The molecule has 1 aliphatic heterocycles. The zero-order valence-corrected chi connectivity index (χ0v) is 16.5. The van der Waals surface area contributed by atoms with Crippen LogP contribution in [0, 0.1) is 0 Å². The van der Waals surface area contributed by atoms with Gasteiger partial charge in [-0.2, -0.15) is 36.5 Å². The molecule has 32 heavy (non-hydrogen) atoms. The summed E-state index contributed by atoms with van der Waals surface area (Å²) in [6.45, 7) is 0.423. The molecule has 2 aliphatic rings. The molecule has 2 aromatic rings. The maximum absolute atomic E-state index is 14.4. The van der Waals surface area contributed by atoms with Gasteiger partial charge in [0.2, 0.25) is 5.91 Å². The minimum atomic E-state index is -6.14. The van der Waals surface area contributed by atoms with Crippen molar-refractivity contribution in [3.63, 3.8) is 0 Å². The zero-order chi connectivity index (χ0) is 23.3. The number of carbonyl (C=O) groups excluding carboxylic acids is 1. The number of nitrogens with zero attached hydrogens (tertiary/aromatic N) is 3. The summed E-state index contributed by atoms with van der Waals surface area (Å²) in [4.78, 5) is 14.5. The molecule has 1 aromatic heterocycles. The lowest BCUT2D eigenvalue weighted by Crippen LogP contribution is -2.50. The van der Waals surface area contributed by atoms with Gasteiger partial charge in [0.1, 0.15) is 0 Å². The molecule has 172 valence electrons. The van der Waals surface area contributed by atoms with Crippen molar-refractivity contribution >= 4 is 5.91 Å². The average molecular weight is 461 g/mol. The molecule has 0 radical (unpaired) electrons. The number of likely N-dealkylation sites (tertiary alicyclic amines) is 1. The summed E-state index contributed by atoms with van der Waals surface area (Å²) >= 11 is 0. The van der Waals surface area contributed by atoms with E-state index < -0.39 is 23.6 Å². The molecule has 4 rings (SSSR count). The van der Waals surface area contributed by atoms with E-state index in [2.05, 4.69) is 10.2 Å². The van der Waals surface area contributed by atoms with E-state index in [4.69, 9.17) is 0 Å². The number of hydrogen-bond donors (Lipinski definition) is 0. The Bertz CT molecular complexity index is 993. The molecular weight excluding hydrogens is 443 g/mol. The largest absolute Gasteiger partial charge is 0.435 e. The van der Waals surface area contributed by atoms with Crippen molar-refractivity contribution in [1.82, 2.24) is 15.1 Å². The Morgan fingerprint density at radius 3 is 2.34 bits per heavy atom. The van der Waals surface area contributed by atoms with Crippen molar-refractivity contribution in [3.05, 3.63) is 58.9 Å². The lowest BCUT2D eigenvalue weighted by atomic mass is 9.77. The first-order valence-corrected chi connectivity index (χ1v) is 9.94. The summed E-state index contributed by atoms with van der Waals surface area (Å²) in [6, 6.07) is 3.85. The fourth-order valence-electron chi connectivity index (χ4n) is 4.77. The first-order valence-electron chi connectivity index (χ1n) is 9.94. The monoisotopic (exact) mass is 461 g/mol. The lowest BCUT2D eigenvalue weighted by molar-refractivity contribution is -0.348. The first-order chi connectivity index (χ1) is 14.9. The van der Waals surface area contributed by atoms with Gasteiger partial charge in [-0.15, -0.1) is 0 Å². The molecule has 1 amide bonds. The van der Waals surface area contributed by atoms with Crippen molar-refractivity contribution in [3.8, 4) is 0 Å². The summed E-state index contributed by atoms with van der Waals surface area (Å²) < 4.78 is 93.1. The Balaban J connectivity index is 1.59. The minimum absolute atomic E-state index is 0.117. The highest BCUT2D eigenvalue weighted by molar-refractivity contribution is 5.79. The average Bonchev–Trinajstić information content (AvgIpc) is 3.16. The van der Waals surface area contributed by atoms with Gasteiger partial charge in [-0.1, -0.05) is 18.2 Å². The van der Waals surface area contributed by atoms with Crippen LogP contribution in [0.4, 0.5) is 30.7 Å². The molecule has 4 nitrogen and oxygen atoms in total. The molecule has 0 saturated carbocycles. The number of fused-ring (bicyclic) bond motifs is 3. The Morgan fingerprint density at radius 2 is 1.72 bits per heavy atom. The number of halogens is 7. The van der Waals surface area contributed by atoms with E-state index in [1.54, 1.807) is 11.0 Å². The predicted octanol–water partition coefficient (Wildman–Crippen LogP) is 4.64. The smallest absolute Gasteiger partial charge is 0.339 e. The van der Waals surface area contributed by atoms with Crippen molar-refractivity contribution in [2.75, 3.05) is 6.54 Å². The quantitative estimate of drug-likeness (QED) is 0.626. The van der Waals surface area contributed by atoms with Gasteiger partial charge >= 0.3 is 18.0 Å². The van der Waals surface area contributed by atoms with Gasteiger partial charge in [-0.05, 0) is 42.0 Å². The van der Waals surface area contributed by atoms with E-state index >= 15 is 0 Å². The topological polar surface area (TPSA) is 46.1 Å². The lowest BCUT2D eigenvalue weighted by Gasteiger charge is -2.35. The number of amides is 1. The molecule has 0 bridgehead atoms. The number of aryl methyl sites for hydroxylation is 1. The van der Waals surface area contributed by atoms with Crippen molar-refractivity contribution in [1.29, 1.82) is 0 Å². The van der Waals surface area contributed by atoms with Crippen LogP contribution in [0.2, 0.25) is 0 Å². The van der Waals surface area contributed by atoms with E-state index in [9.17, 15) is 35.5 Å². The normalized spacial score (nSPS) is 21.3. The molecule has 2 heterocycles. The van der Waals surface area contributed by atoms with Crippen LogP contribution in [0.5, 0.6) is 0 Å². The summed E-state index contributed by atoms with van der Waals surface area (Å²) in [5, 5.41) is 7.38. The number of hydrogen-bond acceptors (Lipinski definition) is 3. The number of rotatable bonds is 3. The van der Waals surface area contributed by atoms with E-state index in [1.807, 2.05) is 0 Å². The highest BCUT2D eigenvalue weighted by Gasteiger charge is 2.73. The van der Waals surface area contributed by atoms with Gasteiger partial charge in [-0.3, -0.25) is 4.79 Å². The van der Waals surface area contributed by atoms with Crippen molar-refractivity contribution in [2.24, 2.45) is 0 Å². The highest BCUT2D eigenvalue weighted by Crippen LogP contribution is 2.54. The molecule has 1 aliphatic carbocycles. The van der Waals surface area contributed by atoms with Gasteiger partial charge in [0, 0.05) is 30.3 Å². The van der Waals surface area contributed by atoms with E-state index in [0.717, 1.165) is 6.07 Å². The molecule has 1 fully saturated rings. The molecular formula is C21H18F7N3O. The van der Waals surface area contributed by atoms with Gasteiger partial charge in [0.05, 0.1) is 12.6 Å². The molecule has 1 saturated heterocycles. The Labute approximate surface area is 178 Å². The molecule has 11 heteroatoms. The van der Waals surface area contributed by atoms with Crippen molar-refractivity contribution < 1.29 is 35.5 Å². The third kappa shape index (κ3) is 3.61. The van der Waals surface area contributed by atoms with E-state index in [1.165, 1.54) is 12.4 Å². The third-order valence-electron chi connectivity index (χ3n) is 6.30. The number of benzene rings is 1. The fourth-order valence-corrected chi connectivity index (χ4v) is 4.77. The molecule has 1 aromatic carbocycles. The van der Waals surface area contributed by atoms with Crippen LogP contribution >= 0.6 is 0 Å². The van der Waals surface area contributed by atoms with Gasteiger partial charge in [0.25, 0.3) is 0 Å². The maximum atomic E-state index is 14.4. The van der Waals surface area contributed by atoms with Gasteiger partial charge in [-0.25, -0.2) is 4.39 Å². The van der Waals surface area contributed by atoms with Gasteiger partial charge < -0.3 is 4.90 Å². The van der Waals surface area contributed by atoms with Crippen LogP contribution in [-0.4, -0.2) is 45.9 Å². The predicted molar refractivity (Wildman–Crippen MR) is 98.3 cm³/mol. The van der Waals surface area contributed by atoms with Crippen LogP contribution in [0.1, 0.15) is 41.0 Å². The minimum Gasteiger partial charge on any atom is -0.339 e. The third-order valence-corrected chi connectivity index (χ3v) is 6.30. The second kappa shape index (κ2) is 7.70. The van der Waals surface area contributed by atoms with Crippen LogP contribution in [0.25, 0.3) is 0 Å². The van der Waals surface area contributed by atoms with Gasteiger partial charge in [0.15, 0.2) is 0 Å². The maximum Gasteiger partial charge on any atom is 0.435 e. The molecule has 0 N–H and O–H groups in total. The number of carbonyl (C=O) groups is 1. The SMILES string of the molecule is O=C(Cc1ccnnc1)N1CC[C@H]2c3ccc(C(F)(C(F)(F)F)C(F)(F)F)cc3CC[C@H]21.